The Labute approximate surface area is 229 Å². The molecular formula is C30H36N6O3. The Balaban J connectivity index is 1.08. The lowest BCUT2D eigenvalue weighted by atomic mass is 9.99. The number of likely N-dealkylation sites (tertiary alicyclic amines) is 1. The number of aromatic nitrogens is 2. The van der Waals surface area contributed by atoms with Crippen LogP contribution in [0.3, 0.4) is 0 Å². The lowest BCUT2D eigenvalue weighted by molar-refractivity contribution is 0.102. The van der Waals surface area contributed by atoms with E-state index in [-0.39, 0.29) is 11.8 Å². The van der Waals surface area contributed by atoms with Gasteiger partial charge in [-0.3, -0.25) is 9.69 Å². The summed E-state index contributed by atoms with van der Waals surface area (Å²) >= 11 is 0. The van der Waals surface area contributed by atoms with Crippen molar-refractivity contribution in [1.29, 1.82) is 0 Å². The topological polar surface area (TPSA) is 90.9 Å². The maximum atomic E-state index is 12.7. The van der Waals surface area contributed by atoms with Crippen molar-refractivity contribution < 1.29 is 14.3 Å². The number of aryl methyl sites for hydroxylation is 1. The number of hydrogen-bond donors (Lipinski definition) is 1. The summed E-state index contributed by atoms with van der Waals surface area (Å²) in [4.78, 5) is 40.4. The van der Waals surface area contributed by atoms with Crippen LogP contribution in [0.15, 0.2) is 60.8 Å². The predicted molar refractivity (Wildman–Crippen MR) is 151 cm³/mol. The van der Waals surface area contributed by atoms with Crippen LogP contribution in [0.5, 0.6) is 5.88 Å². The van der Waals surface area contributed by atoms with E-state index in [1.54, 1.807) is 17.0 Å². The molecule has 0 atom stereocenters. The second kappa shape index (κ2) is 12.3. The minimum atomic E-state index is -0.435. The number of anilines is 2. The fourth-order valence-electron chi connectivity index (χ4n) is 4.93. The van der Waals surface area contributed by atoms with Gasteiger partial charge in [0.2, 0.25) is 5.88 Å². The minimum absolute atomic E-state index is 0.192. The highest BCUT2D eigenvalue weighted by molar-refractivity contribution is 6.04. The van der Waals surface area contributed by atoms with E-state index in [9.17, 15) is 9.59 Å². The van der Waals surface area contributed by atoms with E-state index < -0.39 is 6.09 Å². The summed E-state index contributed by atoms with van der Waals surface area (Å²) in [5, 5.41) is 2.86. The Morgan fingerprint density at radius 1 is 0.949 bits per heavy atom. The van der Waals surface area contributed by atoms with Gasteiger partial charge in [-0.2, -0.15) is 0 Å². The molecule has 204 valence electrons. The van der Waals surface area contributed by atoms with Crippen molar-refractivity contribution in [3.05, 3.63) is 77.6 Å². The molecule has 0 spiro atoms. The van der Waals surface area contributed by atoms with Gasteiger partial charge in [-0.15, -0.1) is 0 Å². The van der Waals surface area contributed by atoms with Crippen molar-refractivity contribution in [2.45, 2.75) is 33.2 Å². The molecule has 1 aromatic carbocycles. The van der Waals surface area contributed by atoms with Crippen LogP contribution < -0.4 is 15.0 Å². The first-order chi connectivity index (χ1) is 18.9. The quantitative estimate of drug-likeness (QED) is 0.500. The van der Waals surface area contributed by atoms with Crippen LogP contribution in [0.25, 0.3) is 0 Å². The van der Waals surface area contributed by atoms with E-state index in [0.717, 1.165) is 37.1 Å². The van der Waals surface area contributed by atoms with Crippen LogP contribution in [0, 0.1) is 12.8 Å². The first-order valence-electron chi connectivity index (χ1n) is 13.7. The zero-order valence-electron chi connectivity index (χ0n) is 22.7. The monoisotopic (exact) mass is 528 g/mol. The Morgan fingerprint density at radius 2 is 1.69 bits per heavy atom. The molecule has 0 saturated carbocycles. The maximum Gasteiger partial charge on any atom is 0.416 e. The van der Waals surface area contributed by atoms with Crippen molar-refractivity contribution in [2.75, 3.05) is 49.5 Å². The summed E-state index contributed by atoms with van der Waals surface area (Å²) in [6, 6.07) is 17.0. The van der Waals surface area contributed by atoms with Gasteiger partial charge < -0.3 is 19.9 Å². The van der Waals surface area contributed by atoms with Crippen molar-refractivity contribution in [1.82, 2.24) is 19.8 Å². The Morgan fingerprint density at radius 3 is 2.36 bits per heavy atom. The third-order valence-corrected chi connectivity index (χ3v) is 7.42. The number of pyridine rings is 2. The molecule has 0 bridgehead atoms. The number of nitrogens with one attached hydrogen (secondary N) is 1. The molecule has 0 unspecified atom stereocenters. The number of carbonyl (C=O) groups is 2. The van der Waals surface area contributed by atoms with Gasteiger partial charge in [-0.1, -0.05) is 25.1 Å². The summed E-state index contributed by atoms with van der Waals surface area (Å²) < 4.78 is 5.46. The molecule has 3 aromatic rings. The van der Waals surface area contributed by atoms with E-state index >= 15 is 0 Å². The van der Waals surface area contributed by atoms with E-state index in [1.165, 1.54) is 24.6 Å². The SMILES string of the molecule is Cc1cccc(N2CCN(C(=O)Oc3ccc(NC(=O)c4ccc(CN5CCC(C)CC5)cc4)cn3)CC2)n1. The molecule has 9 heteroatoms. The summed E-state index contributed by atoms with van der Waals surface area (Å²) in [7, 11) is 0. The van der Waals surface area contributed by atoms with Gasteiger partial charge in [0.05, 0.1) is 11.9 Å². The standard InChI is InChI=1S/C30H36N6O3/c1-22-12-14-34(15-13-22)21-24-6-8-25(9-7-24)29(37)33-26-10-11-28(31-20-26)39-30(38)36-18-16-35(17-19-36)27-5-3-4-23(2)32-27/h3-11,20,22H,12-19,21H2,1-2H3,(H,33,37). The summed E-state index contributed by atoms with van der Waals surface area (Å²) in [6.07, 6.45) is 3.55. The normalized spacial score (nSPS) is 16.7. The molecular weight excluding hydrogens is 492 g/mol. The number of ether oxygens (including phenoxy) is 1. The summed E-state index contributed by atoms with van der Waals surface area (Å²) in [6.45, 7) is 9.90. The van der Waals surface area contributed by atoms with Gasteiger partial charge >= 0.3 is 6.09 Å². The Kier molecular flexibility index (Phi) is 8.36. The third kappa shape index (κ3) is 7.11. The van der Waals surface area contributed by atoms with E-state index in [4.69, 9.17) is 4.74 Å². The summed E-state index contributed by atoms with van der Waals surface area (Å²) in [5.41, 5.74) is 3.30. The minimum Gasteiger partial charge on any atom is -0.391 e. The van der Waals surface area contributed by atoms with E-state index in [1.807, 2.05) is 49.4 Å². The molecule has 2 fully saturated rings. The van der Waals surface area contributed by atoms with Gasteiger partial charge in [0, 0.05) is 50.0 Å². The van der Waals surface area contributed by atoms with Gasteiger partial charge in [-0.25, -0.2) is 14.8 Å². The second-order valence-corrected chi connectivity index (χ2v) is 10.5. The van der Waals surface area contributed by atoms with Crippen molar-refractivity contribution in [2.24, 2.45) is 5.92 Å². The van der Waals surface area contributed by atoms with Crippen LogP contribution in [-0.4, -0.2) is 71.0 Å². The fourth-order valence-corrected chi connectivity index (χ4v) is 4.93. The van der Waals surface area contributed by atoms with Gasteiger partial charge in [0.25, 0.3) is 5.91 Å². The van der Waals surface area contributed by atoms with E-state index in [0.29, 0.717) is 37.4 Å². The smallest absolute Gasteiger partial charge is 0.391 e. The van der Waals surface area contributed by atoms with E-state index in [2.05, 4.69) is 32.0 Å². The van der Waals surface area contributed by atoms with Crippen LogP contribution in [0.1, 0.15) is 41.4 Å². The molecule has 2 saturated heterocycles. The molecule has 39 heavy (non-hydrogen) atoms. The molecule has 0 radical (unpaired) electrons. The zero-order valence-corrected chi connectivity index (χ0v) is 22.7. The van der Waals surface area contributed by atoms with Gasteiger partial charge in [0.15, 0.2) is 0 Å². The molecule has 2 aliphatic heterocycles. The van der Waals surface area contributed by atoms with Crippen molar-refractivity contribution in [3.63, 3.8) is 0 Å². The van der Waals surface area contributed by atoms with Crippen LogP contribution in [0.4, 0.5) is 16.3 Å². The molecule has 2 aliphatic rings. The van der Waals surface area contributed by atoms with Crippen molar-refractivity contribution in [3.8, 4) is 5.88 Å². The second-order valence-electron chi connectivity index (χ2n) is 10.5. The average Bonchev–Trinajstić information content (AvgIpc) is 2.96. The third-order valence-electron chi connectivity index (χ3n) is 7.42. The highest BCUT2D eigenvalue weighted by Crippen LogP contribution is 2.20. The maximum absolute atomic E-state index is 12.7. The molecule has 9 nitrogen and oxygen atoms in total. The number of piperidine rings is 1. The highest BCUT2D eigenvalue weighted by Gasteiger charge is 2.24. The van der Waals surface area contributed by atoms with Gasteiger partial charge in [0.1, 0.15) is 5.82 Å². The Hall–Kier alpha value is -3.98. The number of rotatable bonds is 6. The van der Waals surface area contributed by atoms with Crippen molar-refractivity contribution >= 4 is 23.5 Å². The first-order valence-corrected chi connectivity index (χ1v) is 13.7. The molecule has 4 heterocycles. The predicted octanol–water partition coefficient (Wildman–Crippen LogP) is 4.59. The molecule has 5 rings (SSSR count). The number of amides is 2. The molecule has 1 N–H and O–H groups in total. The Bertz CT molecular complexity index is 1260. The molecule has 2 amide bonds. The van der Waals surface area contributed by atoms with Crippen LogP contribution >= 0.6 is 0 Å². The van der Waals surface area contributed by atoms with Crippen LogP contribution in [0.2, 0.25) is 0 Å². The number of nitrogens with zero attached hydrogens (tertiary/aromatic N) is 5. The number of benzene rings is 1. The highest BCUT2D eigenvalue weighted by atomic mass is 16.6. The largest absolute Gasteiger partial charge is 0.416 e. The molecule has 0 aliphatic carbocycles. The summed E-state index contributed by atoms with van der Waals surface area (Å²) in [5.74, 6) is 1.72. The average molecular weight is 529 g/mol. The zero-order chi connectivity index (χ0) is 27.2. The first kappa shape index (κ1) is 26.6. The molecule has 2 aromatic heterocycles. The number of hydrogen-bond acceptors (Lipinski definition) is 7. The van der Waals surface area contributed by atoms with Crippen LogP contribution in [-0.2, 0) is 6.54 Å². The van der Waals surface area contributed by atoms with Gasteiger partial charge in [-0.05, 0) is 74.7 Å². The number of carbonyl (C=O) groups excluding carboxylic acids is 2. The fraction of sp³-hybridized carbons (Fsp3) is 0.400. The lowest BCUT2D eigenvalue weighted by Crippen LogP contribution is -2.50. The lowest BCUT2D eigenvalue weighted by Gasteiger charge is -2.34. The number of piperazine rings is 1.